The Hall–Kier alpha value is -7.22. The molecule has 64 heavy (non-hydrogen) atoms. The molecule has 0 saturated carbocycles. The van der Waals surface area contributed by atoms with Gasteiger partial charge in [0.25, 0.3) is 0 Å². The first-order valence-corrected chi connectivity index (χ1v) is 23.1. The van der Waals surface area contributed by atoms with Crippen molar-refractivity contribution < 1.29 is 0 Å². The van der Waals surface area contributed by atoms with Gasteiger partial charge in [0.05, 0.1) is 11.1 Å². The van der Waals surface area contributed by atoms with E-state index >= 15 is 0 Å². The van der Waals surface area contributed by atoms with E-state index in [0.29, 0.717) is 11.8 Å². The average molecular weight is 820 g/mol. The first-order valence-electron chi connectivity index (χ1n) is 23.1. The van der Waals surface area contributed by atoms with Crippen molar-refractivity contribution in [3.8, 4) is 11.1 Å². The first kappa shape index (κ1) is 37.3. The summed E-state index contributed by atoms with van der Waals surface area (Å²) >= 11 is 0. The summed E-state index contributed by atoms with van der Waals surface area (Å²) in [6.07, 6.45) is 18.6. The summed E-state index contributed by atoms with van der Waals surface area (Å²) in [4.78, 5) is 2.49. The maximum absolute atomic E-state index is 2.52. The molecule has 4 atom stereocenters. The number of benzene rings is 8. The van der Waals surface area contributed by atoms with Crippen molar-refractivity contribution in [1.82, 2.24) is 0 Å². The fourth-order valence-electron chi connectivity index (χ4n) is 13.3. The molecule has 5 aliphatic rings. The van der Waals surface area contributed by atoms with Gasteiger partial charge in [-0.1, -0.05) is 208 Å². The summed E-state index contributed by atoms with van der Waals surface area (Å²) in [6.45, 7) is 4.75. The topological polar surface area (TPSA) is 3.24 Å². The highest BCUT2D eigenvalue weighted by Gasteiger charge is 2.62. The highest BCUT2D eigenvalue weighted by molar-refractivity contribution is 5.99. The van der Waals surface area contributed by atoms with Gasteiger partial charge >= 0.3 is 0 Å². The Morgan fingerprint density at radius 1 is 0.484 bits per heavy atom. The summed E-state index contributed by atoms with van der Waals surface area (Å²) in [5, 5.41) is 2.46. The van der Waals surface area contributed by atoms with Crippen molar-refractivity contribution in [2.24, 2.45) is 11.8 Å². The Kier molecular flexibility index (Phi) is 8.10. The molecular weight excluding hydrogens is 771 g/mol. The molecule has 8 aromatic rings. The minimum Gasteiger partial charge on any atom is -0.310 e. The molecule has 1 nitrogen and oxygen atoms in total. The number of fused-ring (bicyclic) bond motifs is 9. The molecule has 0 spiro atoms. The van der Waals surface area contributed by atoms with E-state index in [4.69, 9.17) is 0 Å². The normalized spacial score (nSPS) is 22.6. The Bertz CT molecular complexity index is 3320. The predicted molar refractivity (Wildman–Crippen MR) is 267 cm³/mol. The maximum Gasteiger partial charge on any atom is 0.0707 e. The van der Waals surface area contributed by atoms with Crippen LogP contribution in [0, 0.1) is 11.8 Å². The SMILES string of the molecule is CC1(C)c2ccccc2-c2ccc(N(c3ccc(C4(c5ccccc5)c5ccccc5C5(C6C=CC=CC6)c6c(cccc64)C4=CC=CCC45)cc3)c3cccc4ccccc34)cc21. The minimum atomic E-state index is -0.561. The molecule has 4 unspecified atom stereocenters. The summed E-state index contributed by atoms with van der Waals surface area (Å²) in [5.74, 6) is 0.683. The van der Waals surface area contributed by atoms with Crippen molar-refractivity contribution in [2.75, 3.05) is 4.90 Å². The molecule has 0 fully saturated rings. The van der Waals surface area contributed by atoms with Gasteiger partial charge in [-0.05, 0) is 121 Å². The lowest BCUT2D eigenvalue weighted by molar-refractivity contribution is 0.297. The Labute approximate surface area is 377 Å². The van der Waals surface area contributed by atoms with Crippen LogP contribution in [0.3, 0.4) is 0 Å². The summed E-state index contributed by atoms with van der Waals surface area (Å²) in [7, 11) is 0. The number of allylic oxidation sites excluding steroid dienone is 8. The smallest absolute Gasteiger partial charge is 0.0707 e. The van der Waals surface area contributed by atoms with E-state index in [1.54, 1.807) is 0 Å². The highest BCUT2D eigenvalue weighted by Crippen LogP contribution is 2.68. The van der Waals surface area contributed by atoms with Gasteiger partial charge in [-0.2, -0.15) is 0 Å². The zero-order chi connectivity index (χ0) is 42.6. The van der Waals surface area contributed by atoms with Crippen LogP contribution in [0.4, 0.5) is 17.1 Å². The third kappa shape index (κ3) is 4.90. The van der Waals surface area contributed by atoms with Crippen LogP contribution >= 0.6 is 0 Å². The van der Waals surface area contributed by atoms with Gasteiger partial charge < -0.3 is 4.90 Å². The van der Waals surface area contributed by atoms with Crippen LogP contribution in [0.15, 0.2) is 225 Å². The van der Waals surface area contributed by atoms with Crippen LogP contribution in [0.2, 0.25) is 0 Å². The van der Waals surface area contributed by atoms with Crippen LogP contribution in [-0.2, 0) is 16.2 Å². The van der Waals surface area contributed by atoms with E-state index in [2.05, 4.69) is 243 Å². The summed E-state index contributed by atoms with van der Waals surface area (Å²) < 4.78 is 0. The fraction of sp³-hybridized carbons (Fsp3) is 0.143. The molecule has 1 heteroatoms. The van der Waals surface area contributed by atoms with Gasteiger partial charge in [-0.15, -0.1) is 0 Å². The number of nitrogens with zero attached hydrogens (tertiary/aromatic N) is 1. The Morgan fingerprint density at radius 3 is 1.98 bits per heavy atom. The fourth-order valence-corrected chi connectivity index (χ4v) is 13.3. The van der Waals surface area contributed by atoms with Crippen LogP contribution in [0.5, 0.6) is 0 Å². The van der Waals surface area contributed by atoms with Gasteiger partial charge in [-0.25, -0.2) is 0 Å². The Balaban J connectivity index is 1.06. The predicted octanol–water partition coefficient (Wildman–Crippen LogP) is 15.7. The molecule has 306 valence electrons. The van der Waals surface area contributed by atoms with Crippen LogP contribution in [0.1, 0.15) is 76.8 Å². The number of hydrogen-bond acceptors (Lipinski definition) is 1. The second-order valence-corrected chi connectivity index (χ2v) is 19.0. The number of rotatable bonds is 6. The second kappa shape index (κ2) is 13.9. The molecule has 0 heterocycles. The summed E-state index contributed by atoms with van der Waals surface area (Å²) in [6, 6.07) is 69.4. The summed E-state index contributed by atoms with van der Waals surface area (Å²) in [5.41, 5.74) is 19.3. The van der Waals surface area contributed by atoms with Gasteiger partial charge in [0.15, 0.2) is 0 Å². The van der Waals surface area contributed by atoms with Crippen LogP contribution < -0.4 is 4.90 Å². The molecule has 0 radical (unpaired) electrons. The van der Waals surface area contributed by atoms with Crippen LogP contribution in [0.25, 0.3) is 27.5 Å². The molecule has 0 aromatic heterocycles. The average Bonchev–Trinajstić information content (AvgIpc) is 3.79. The maximum atomic E-state index is 2.52. The highest BCUT2D eigenvalue weighted by atomic mass is 15.1. The standard InChI is InChI=1S/C63H49N/c1-61(2)53-29-13-11-26-49(53)51-40-39-47(41-58(51)61)64(59-34-17-20-42-19-9-10-25-48(42)59)46-37-35-45(36-38-46)62(43-21-5-3-6-22-43)55-31-15-16-32-56(55)63(44-23-7-4-8-24-44)54-30-14-12-27-50(54)52-28-18-33-57(62)60(52)63/h3-23,25-29,31-41,44,54H,24,30H2,1-2H3. The van der Waals surface area contributed by atoms with Crippen molar-refractivity contribution in [3.05, 3.63) is 275 Å². The minimum absolute atomic E-state index is 0.120. The molecule has 0 bridgehead atoms. The van der Waals surface area contributed by atoms with Gasteiger partial charge in [-0.3, -0.25) is 0 Å². The second-order valence-electron chi connectivity index (χ2n) is 19.0. The van der Waals surface area contributed by atoms with E-state index in [-0.39, 0.29) is 10.8 Å². The van der Waals surface area contributed by atoms with Crippen molar-refractivity contribution in [3.63, 3.8) is 0 Å². The first-order chi connectivity index (χ1) is 31.5. The van der Waals surface area contributed by atoms with E-state index in [1.807, 2.05) is 0 Å². The third-order valence-corrected chi connectivity index (χ3v) is 15.8. The van der Waals surface area contributed by atoms with Gasteiger partial charge in [0, 0.05) is 33.5 Å². The zero-order valence-electron chi connectivity index (χ0n) is 36.4. The zero-order valence-corrected chi connectivity index (χ0v) is 36.4. The molecule has 0 amide bonds. The molecule has 0 saturated heterocycles. The molecule has 8 aromatic carbocycles. The lowest BCUT2D eigenvalue weighted by Crippen LogP contribution is -2.49. The molecular formula is C63H49N. The van der Waals surface area contributed by atoms with Crippen molar-refractivity contribution >= 4 is 33.4 Å². The number of anilines is 3. The van der Waals surface area contributed by atoms with E-state index in [1.165, 1.54) is 83.2 Å². The monoisotopic (exact) mass is 819 g/mol. The lowest BCUT2D eigenvalue weighted by atomic mass is 9.48. The van der Waals surface area contributed by atoms with E-state index < -0.39 is 5.41 Å². The van der Waals surface area contributed by atoms with E-state index in [9.17, 15) is 0 Å². The number of hydrogen-bond donors (Lipinski definition) is 0. The molecule has 5 aliphatic carbocycles. The van der Waals surface area contributed by atoms with Crippen molar-refractivity contribution in [1.29, 1.82) is 0 Å². The van der Waals surface area contributed by atoms with E-state index in [0.717, 1.165) is 24.2 Å². The molecule has 0 aliphatic heterocycles. The lowest BCUT2D eigenvalue weighted by Gasteiger charge is -2.53. The molecule has 0 N–H and O–H groups in total. The van der Waals surface area contributed by atoms with Gasteiger partial charge in [0.2, 0.25) is 0 Å². The molecule has 13 rings (SSSR count). The van der Waals surface area contributed by atoms with Gasteiger partial charge in [0.1, 0.15) is 0 Å². The third-order valence-electron chi connectivity index (χ3n) is 15.8. The quantitative estimate of drug-likeness (QED) is 0.162. The van der Waals surface area contributed by atoms with Crippen LogP contribution in [-0.4, -0.2) is 0 Å². The Morgan fingerprint density at radius 2 is 1.14 bits per heavy atom. The van der Waals surface area contributed by atoms with Crippen molar-refractivity contribution in [2.45, 2.75) is 42.9 Å². The largest absolute Gasteiger partial charge is 0.310 e.